The molecule has 5 aromatic heterocycles. The molecule has 0 saturated heterocycles. The Kier molecular flexibility index (Phi) is 7.59. The summed E-state index contributed by atoms with van der Waals surface area (Å²) in [4.78, 5) is 15.3. The van der Waals surface area contributed by atoms with Gasteiger partial charge >= 0.3 is 0 Å². The molecule has 306 valence electrons. The molecule has 66 heavy (non-hydrogen) atoms. The van der Waals surface area contributed by atoms with E-state index >= 15 is 0 Å². The maximum absolute atomic E-state index is 11.0. The van der Waals surface area contributed by atoms with Crippen LogP contribution in [0.15, 0.2) is 205 Å². The molecule has 0 unspecified atom stereocenters. The van der Waals surface area contributed by atoms with Crippen molar-refractivity contribution in [1.82, 2.24) is 28.7 Å². The van der Waals surface area contributed by atoms with Crippen molar-refractivity contribution in [3.8, 4) is 46.2 Å². The lowest BCUT2D eigenvalue weighted by Crippen LogP contribution is -2.06. The van der Waals surface area contributed by atoms with E-state index in [4.69, 9.17) is 19.4 Å². The first-order valence-corrected chi connectivity index (χ1v) is 21.9. The first-order chi connectivity index (χ1) is 32.7. The van der Waals surface area contributed by atoms with Crippen molar-refractivity contribution in [2.75, 3.05) is 0 Å². The summed E-state index contributed by atoms with van der Waals surface area (Å²) < 4.78 is 13.4. The summed E-state index contributed by atoms with van der Waals surface area (Å²) in [5, 5.41) is 19.7. The Hall–Kier alpha value is -9.32. The van der Waals surface area contributed by atoms with Crippen LogP contribution in [-0.2, 0) is 0 Å². The highest BCUT2D eigenvalue weighted by Gasteiger charge is 2.22. The summed E-state index contributed by atoms with van der Waals surface area (Å²) >= 11 is 0. The van der Waals surface area contributed by atoms with E-state index in [1.807, 2.05) is 66.7 Å². The molecular weight excluding hydrogens is 811 g/mol. The van der Waals surface area contributed by atoms with Gasteiger partial charge in [-0.3, -0.25) is 4.57 Å². The molecule has 8 nitrogen and oxygen atoms in total. The average Bonchev–Trinajstić information content (AvgIpc) is 4.11. The fraction of sp³-hybridized carbons (Fsp3) is 0. The van der Waals surface area contributed by atoms with Gasteiger partial charge in [0.15, 0.2) is 11.6 Å². The third kappa shape index (κ3) is 5.22. The van der Waals surface area contributed by atoms with E-state index in [1.165, 1.54) is 5.39 Å². The van der Waals surface area contributed by atoms with Crippen LogP contribution in [0.2, 0.25) is 0 Å². The van der Waals surface area contributed by atoms with Gasteiger partial charge in [-0.05, 0) is 72.8 Å². The van der Waals surface area contributed by atoms with Crippen molar-refractivity contribution in [3.05, 3.63) is 206 Å². The van der Waals surface area contributed by atoms with Crippen molar-refractivity contribution in [2.24, 2.45) is 0 Å². The van der Waals surface area contributed by atoms with Gasteiger partial charge in [-0.1, -0.05) is 121 Å². The quantitative estimate of drug-likeness (QED) is 0.172. The molecule has 0 bridgehead atoms. The van der Waals surface area contributed by atoms with Crippen LogP contribution in [-0.4, -0.2) is 28.7 Å². The first kappa shape index (κ1) is 36.2. The monoisotopic (exact) mass is 843 g/mol. The van der Waals surface area contributed by atoms with Crippen molar-refractivity contribution >= 4 is 87.4 Å². The third-order valence-electron chi connectivity index (χ3n) is 13.1. The Balaban J connectivity index is 0.963. The number of nitriles is 1. The van der Waals surface area contributed by atoms with Crippen LogP contribution in [0.1, 0.15) is 5.56 Å². The maximum Gasteiger partial charge on any atom is 0.238 e. The number of hydrogen-bond donors (Lipinski definition) is 0. The standard InChI is InChI=1S/C58H33N7O/c59-34-37-29-36(57-60-56(35-15-3-1-4-16-35)61-58(62-57)65-50-25-13-7-19-39(50)40-20-8-14-26-51(40)65)27-28-47(37)64-49-24-12-10-21-41(49)43-30-45-46-31-52-44(32-54(46)66-55(45)33-53(43)64)42-22-9-11-23-48(42)63(52)38-17-5-2-6-18-38/h1-33H. The molecule has 0 amide bonds. The zero-order valence-electron chi connectivity index (χ0n) is 35.1. The predicted molar refractivity (Wildman–Crippen MR) is 266 cm³/mol. The maximum atomic E-state index is 11.0. The van der Waals surface area contributed by atoms with E-state index in [0.717, 1.165) is 98.9 Å². The van der Waals surface area contributed by atoms with Crippen LogP contribution >= 0.6 is 0 Å². The summed E-state index contributed by atoms with van der Waals surface area (Å²) in [7, 11) is 0. The lowest BCUT2D eigenvalue weighted by Gasteiger charge is -2.13. The number of aromatic nitrogens is 6. The molecule has 0 N–H and O–H groups in total. The average molecular weight is 844 g/mol. The largest absolute Gasteiger partial charge is 0.456 e. The van der Waals surface area contributed by atoms with Crippen LogP contribution in [0.5, 0.6) is 0 Å². The highest BCUT2D eigenvalue weighted by Crippen LogP contribution is 2.42. The molecule has 0 atom stereocenters. The summed E-state index contributed by atoms with van der Waals surface area (Å²) in [5.74, 6) is 1.51. The zero-order chi connectivity index (χ0) is 43.5. The van der Waals surface area contributed by atoms with Crippen molar-refractivity contribution in [2.45, 2.75) is 0 Å². The smallest absolute Gasteiger partial charge is 0.238 e. The lowest BCUT2D eigenvalue weighted by atomic mass is 10.1. The molecule has 0 radical (unpaired) electrons. The molecule has 8 heteroatoms. The van der Waals surface area contributed by atoms with Gasteiger partial charge in [-0.15, -0.1) is 0 Å². The zero-order valence-corrected chi connectivity index (χ0v) is 35.1. The number of fused-ring (bicyclic) bond motifs is 12. The molecule has 0 aliphatic carbocycles. The molecule has 0 aliphatic heterocycles. The predicted octanol–water partition coefficient (Wildman–Crippen LogP) is 14.3. The van der Waals surface area contributed by atoms with Crippen LogP contribution in [0.4, 0.5) is 0 Å². The molecule has 0 saturated carbocycles. The third-order valence-corrected chi connectivity index (χ3v) is 13.1. The molecule has 5 heterocycles. The number of para-hydroxylation sites is 5. The van der Waals surface area contributed by atoms with E-state index in [1.54, 1.807) is 0 Å². The number of benzene rings is 9. The molecule has 9 aromatic carbocycles. The lowest BCUT2D eigenvalue weighted by molar-refractivity contribution is 0.670. The van der Waals surface area contributed by atoms with E-state index in [0.29, 0.717) is 28.7 Å². The Bertz CT molecular complexity index is 4310. The summed E-state index contributed by atoms with van der Waals surface area (Å²) in [6.45, 7) is 0. The van der Waals surface area contributed by atoms with Gasteiger partial charge in [0, 0.05) is 66.0 Å². The van der Waals surface area contributed by atoms with Crippen molar-refractivity contribution in [1.29, 1.82) is 5.26 Å². The first-order valence-electron chi connectivity index (χ1n) is 21.9. The fourth-order valence-corrected chi connectivity index (χ4v) is 10.2. The number of rotatable bonds is 5. The van der Waals surface area contributed by atoms with Crippen LogP contribution < -0.4 is 0 Å². The SMILES string of the molecule is N#Cc1cc(-c2nc(-c3ccccc3)nc(-n3c4ccccc4c4ccccc43)n2)ccc1-n1c2ccccc2c2cc3c(cc21)oc1cc2c4ccccc4n(-c4ccccc4)c2cc13. The Morgan fingerprint density at radius 2 is 0.864 bits per heavy atom. The topological polar surface area (TPSA) is 90.4 Å². The number of furan rings is 1. The van der Waals surface area contributed by atoms with Gasteiger partial charge in [0.05, 0.1) is 44.4 Å². The summed E-state index contributed by atoms with van der Waals surface area (Å²) in [6.07, 6.45) is 0. The molecule has 0 fully saturated rings. The molecular formula is C58H33N7O. The number of nitrogens with zero attached hydrogens (tertiary/aromatic N) is 7. The van der Waals surface area contributed by atoms with E-state index in [9.17, 15) is 5.26 Å². The molecule has 14 aromatic rings. The highest BCUT2D eigenvalue weighted by atomic mass is 16.3. The minimum atomic E-state index is 0.468. The van der Waals surface area contributed by atoms with Crippen molar-refractivity contribution < 1.29 is 4.42 Å². The van der Waals surface area contributed by atoms with Gasteiger partial charge in [-0.25, -0.2) is 4.98 Å². The highest BCUT2D eigenvalue weighted by molar-refractivity contribution is 6.21. The second-order valence-corrected chi connectivity index (χ2v) is 16.7. The second-order valence-electron chi connectivity index (χ2n) is 16.7. The summed E-state index contributed by atoms with van der Waals surface area (Å²) in [6, 6.07) is 71.3. The van der Waals surface area contributed by atoms with E-state index < -0.39 is 0 Å². The minimum absolute atomic E-state index is 0.468. The molecule has 14 rings (SSSR count). The Morgan fingerprint density at radius 3 is 1.52 bits per heavy atom. The molecule has 0 spiro atoms. The van der Waals surface area contributed by atoms with Crippen LogP contribution in [0.25, 0.3) is 127 Å². The van der Waals surface area contributed by atoms with Gasteiger partial charge in [-0.2, -0.15) is 15.2 Å². The number of hydrogen-bond acceptors (Lipinski definition) is 5. The normalized spacial score (nSPS) is 11.9. The van der Waals surface area contributed by atoms with E-state index in [-0.39, 0.29) is 0 Å². The van der Waals surface area contributed by atoms with Crippen LogP contribution in [0.3, 0.4) is 0 Å². The van der Waals surface area contributed by atoms with E-state index in [2.05, 4.69) is 153 Å². The molecule has 0 aliphatic rings. The van der Waals surface area contributed by atoms with Crippen molar-refractivity contribution in [3.63, 3.8) is 0 Å². The Morgan fingerprint density at radius 1 is 0.364 bits per heavy atom. The van der Waals surface area contributed by atoms with Gasteiger partial charge in [0.25, 0.3) is 0 Å². The minimum Gasteiger partial charge on any atom is -0.456 e. The van der Waals surface area contributed by atoms with Gasteiger partial charge in [0.2, 0.25) is 5.95 Å². The van der Waals surface area contributed by atoms with Gasteiger partial charge in [0.1, 0.15) is 17.2 Å². The van der Waals surface area contributed by atoms with Crippen LogP contribution in [0, 0.1) is 11.3 Å². The van der Waals surface area contributed by atoms with Gasteiger partial charge < -0.3 is 13.6 Å². The summed E-state index contributed by atoms with van der Waals surface area (Å²) in [5.41, 5.74) is 11.7. The fourth-order valence-electron chi connectivity index (χ4n) is 10.2. The Labute approximate surface area is 376 Å². The second kappa shape index (κ2) is 13.8.